The zero-order chi connectivity index (χ0) is 29.1. The van der Waals surface area contributed by atoms with Crippen molar-refractivity contribution >= 4 is 27.6 Å². The van der Waals surface area contributed by atoms with Crippen molar-refractivity contribution in [2.24, 2.45) is 0 Å². The highest BCUT2D eigenvalue weighted by Crippen LogP contribution is 2.31. The highest BCUT2D eigenvalue weighted by atomic mass is 16.5. The van der Waals surface area contributed by atoms with Crippen LogP contribution >= 0.6 is 0 Å². The van der Waals surface area contributed by atoms with E-state index < -0.39 is 0 Å². The molecule has 42 heavy (non-hydrogen) atoms. The van der Waals surface area contributed by atoms with Gasteiger partial charge in [0.25, 0.3) is 0 Å². The van der Waals surface area contributed by atoms with Crippen LogP contribution in [-0.2, 0) is 11.2 Å². The van der Waals surface area contributed by atoms with Crippen LogP contribution in [0.1, 0.15) is 55.7 Å². The summed E-state index contributed by atoms with van der Waals surface area (Å²) >= 11 is 0. The summed E-state index contributed by atoms with van der Waals surface area (Å²) in [6.45, 7) is 7.70. The number of methoxy groups -OCH3 is 1. The quantitative estimate of drug-likeness (QED) is 0.179. The second kappa shape index (κ2) is 12.4. The molecule has 218 valence electrons. The van der Waals surface area contributed by atoms with E-state index in [0.717, 1.165) is 64.6 Å². The molecule has 1 saturated heterocycles. The molecule has 0 saturated carbocycles. The van der Waals surface area contributed by atoms with E-state index in [4.69, 9.17) is 9.72 Å². The topological polar surface area (TPSA) is 77.2 Å². The molecule has 7 nitrogen and oxygen atoms in total. The molecule has 0 spiro atoms. The van der Waals surface area contributed by atoms with E-state index in [9.17, 15) is 4.79 Å². The van der Waals surface area contributed by atoms with E-state index in [1.807, 2.05) is 36.2 Å². The summed E-state index contributed by atoms with van der Waals surface area (Å²) in [5, 5.41) is 3.46. The molecule has 0 radical (unpaired) electrons. The van der Waals surface area contributed by atoms with Crippen molar-refractivity contribution in [1.29, 1.82) is 0 Å². The maximum absolute atomic E-state index is 14.0. The van der Waals surface area contributed by atoms with E-state index in [0.29, 0.717) is 13.0 Å². The number of fused-ring (bicyclic) bond motifs is 2. The van der Waals surface area contributed by atoms with Gasteiger partial charge in [-0.2, -0.15) is 0 Å². The summed E-state index contributed by atoms with van der Waals surface area (Å²) in [7, 11) is 1.67. The van der Waals surface area contributed by atoms with Crippen LogP contribution in [0.5, 0.6) is 5.75 Å². The minimum absolute atomic E-state index is 0.126. The van der Waals surface area contributed by atoms with Crippen molar-refractivity contribution in [2.75, 3.05) is 33.3 Å². The number of aryl methyl sites for hydroxylation is 1. The smallest absolute Gasteiger partial charge is 0.227 e. The van der Waals surface area contributed by atoms with Gasteiger partial charge in [-0.1, -0.05) is 62.6 Å². The van der Waals surface area contributed by atoms with Crippen LogP contribution in [-0.4, -0.2) is 63.9 Å². The van der Waals surface area contributed by atoms with Gasteiger partial charge in [0.15, 0.2) is 0 Å². The molecule has 0 bridgehead atoms. The number of rotatable bonds is 10. The van der Waals surface area contributed by atoms with E-state index >= 15 is 0 Å². The van der Waals surface area contributed by atoms with Crippen molar-refractivity contribution in [3.05, 3.63) is 83.9 Å². The Morgan fingerprint density at radius 3 is 2.69 bits per heavy atom. The molecule has 1 amide bonds. The largest absolute Gasteiger partial charge is 0.497 e. The number of nitrogens with zero attached hydrogens (tertiary/aromatic N) is 3. The molecule has 1 fully saturated rings. The van der Waals surface area contributed by atoms with Gasteiger partial charge >= 0.3 is 0 Å². The molecule has 7 heteroatoms. The summed E-state index contributed by atoms with van der Waals surface area (Å²) in [4.78, 5) is 30.5. The van der Waals surface area contributed by atoms with Crippen LogP contribution in [0.2, 0.25) is 0 Å². The van der Waals surface area contributed by atoms with Gasteiger partial charge < -0.3 is 19.6 Å². The van der Waals surface area contributed by atoms with Crippen molar-refractivity contribution in [2.45, 2.75) is 52.0 Å². The lowest BCUT2D eigenvalue weighted by Gasteiger charge is -2.40. The first-order chi connectivity index (χ1) is 20.5. The van der Waals surface area contributed by atoms with Gasteiger partial charge in [-0.15, -0.1) is 0 Å². The van der Waals surface area contributed by atoms with Crippen LogP contribution in [0.15, 0.2) is 66.9 Å². The fourth-order valence-corrected chi connectivity index (χ4v) is 6.32. The monoisotopic (exact) mass is 563 g/mol. The number of carbonyl (C=O) groups excluding carboxylic acids is 1. The number of carbonyl (C=O) groups is 1. The summed E-state index contributed by atoms with van der Waals surface area (Å²) in [6.07, 6.45) is 7.18. The Balaban J connectivity index is 1.27. The molecule has 2 N–H and O–H groups in total. The summed E-state index contributed by atoms with van der Waals surface area (Å²) in [5.74, 6) is 1.77. The van der Waals surface area contributed by atoms with E-state index in [1.54, 1.807) is 7.11 Å². The van der Waals surface area contributed by atoms with E-state index in [1.165, 1.54) is 36.5 Å². The molecule has 3 aromatic carbocycles. The molecular formula is C35H41N5O2. The van der Waals surface area contributed by atoms with Gasteiger partial charge in [0.2, 0.25) is 5.91 Å². The minimum atomic E-state index is -0.133. The number of aromatic nitrogens is 3. The van der Waals surface area contributed by atoms with Crippen LogP contribution in [0.3, 0.4) is 0 Å². The number of benzene rings is 3. The zero-order valence-electron chi connectivity index (χ0n) is 25.0. The van der Waals surface area contributed by atoms with E-state index in [2.05, 4.69) is 64.3 Å². The number of hydrogen-bond donors (Lipinski definition) is 2. The Bertz CT molecular complexity index is 1690. The molecule has 1 aliphatic rings. The van der Waals surface area contributed by atoms with Crippen molar-refractivity contribution in [1.82, 2.24) is 24.8 Å². The maximum Gasteiger partial charge on any atom is 0.227 e. The number of imidazole rings is 1. The van der Waals surface area contributed by atoms with Gasteiger partial charge in [0.05, 0.1) is 25.4 Å². The first kappa shape index (κ1) is 28.0. The third-order valence-electron chi connectivity index (χ3n) is 8.74. The molecule has 5 aromatic rings. The number of nitrogens with one attached hydrogen (secondary N) is 2. The van der Waals surface area contributed by atoms with Crippen LogP contribution in [0, 0.1) is 6.92 Å². The van der Waals surface area contributed by atoms with Gasteiger partial charge in [0, 0.05) is 41.8 Å². The number of amides is 1. The third-order valence-corrected chi connectivity index (χ3v) is 8.74. The average Bonchev–Trinajstić information content (AvgIpc) is 3.63. The summed E-state index contributed by atoms with van der Waals surface area (Å²) < 4.78 is 5.48. The van der Waals surface area contributed by atoms with E-state index in [-0.39, 0.29) is 11.9 Å². The average molecular weight is 564 g/mol. The van der Waals surface area contributed by atoms with Gasteiger partial charge in [-0.3, -0.25) is 9.69 Å². The first-order valence-corrected chi connectivity index (χ1v) is 15.2. The highest BCUT2D eigenvalue weighted by Gasteiger charge is 2.34. The Hall–Kier alpha value is -4.10. The molecule has 3 heterocycles. The molecule has 6 rings (SSSR count). The molecule has 1 unspecified atom stereocenters. The molecule has 1 atom stereocenters. The second-order valence-electron chi connectivity index (χ2n) is 11.5. The van der Waals surface area contributed by atoms with Crippen LogP contribution in [0.4, 0.5) is 0 Å². The standard InChI is InChI=1S/C35H41N5O2/c1-4-5-6-9-16-39-17-18-40(34(41)21-29-24(2)37-31-15-14-28(42-3)20-30(29)31)33(23-39)35-36-22-32(38-35)27-13-12-25-10-7-8-11-26(25)19-27/h7-8,10-15,19-20,22,33,37H,4-6,9,16-18,21,23H2,1-3H3,(H,36,38). The lowest BCUT2D eigenvalue weighted by Crippen LogP contribution is -2.51. The Morgan fingerprint density at radius 1 is 1.00 bits per heavy atom. The first-order valence-electron chi connectivity index (χ1n) is 15.2. The summed E-state index contributed by atoms with van der Waals surface area (Å²) in [5.41, 5.74) is 5.15. The highest BCUT2D eigenvalue weighted by molar-refractivity contribution is 5.91. The van der Waals surface area contributed by atoms with Crippen LogP contribution in [0.25, 0.3) is 32.9 Å². The second-order valence-corrected chi connectivity index (χ2v) is 11.5. The number of H-pyrrole nitrogens is 2. The third kappa shape index (κ3) is 5.79. The fourth-order valence-electron chi connectivity index (χ4n) is 6.32. The maximum atomic E-state index is 14.0. The van der Waals surface area contributed by atoms with Gasteiger partial charge in [0.1, 0.15) is 17.6 Å². The van der Waals surface area contributed by atoms with Gasteiger partial charge in [-0.05, 0) is 60.5 Å². The normalized spacial score (nSPS) is 16.0. The van der Waals surface area contributed by atoms with Gasteiger partial charge in [-0.25, -0.2) is 4.98 Å². The summed E-state index contributed by atoms with van der Waals surface area (Å²) in [6, 6.07) is 20.7. The Labute approximate surface area is 247 Å². The van der Waals surface area contributed by atoms with Crippen molar-refractivity contribution in [3.8, 4) is 17.0 Å². The Kier molecular flexibility index (Phi) is 8.29. The number of ether oxygens (including phenoxy) is 1. The number of unbranched alkanes of at least 4 members (excludes halogenated alkanes) is 3. The SMILES string of the molecule is CCCCCCN1CCN(C(=O)Cc2c(C)[nH]c3ccc(OC)cc23)C(c2ncc(-c3ccc4ccccc4c3)[nH]2)C1. The zero-order valence-corrected chi connectivity index (χ0v) is 25.0. The van der Waals surface area contributed by atoms with Crippen LogP contribution < -0.4 is 4.74 Å². The molecular weight excluding hydrogens is 522 g/mol. The lowest BCUT2D eigenvalue weighted by atomic mass is 10.0. The number of hydrogen-bond acceptors (Lipinski definition) is 4. The molecule has 0 aliphatic carbocycles. The Morgan fingerprint density at radius 2 is 1.86 bits per heavy atom. The number of aromatic amines is 2. The van der Waals surface area contributed by atoms with Crippen molar-refractivity contribution in [3.63, 3.8) is 0 Å². The predicted octanol–water partition coefficient (Wildman–Crippen LogP) is 7.04. The predicted molar refractivity (Wildman–Crippen MR) is 170 cm³/mol. The minimum Gasteiger partial charge on any atom is -0.497 e. The molecule has 1 aliphatic heterocycles. The number of piperazine rings is 1. The fraction of sp³-hybridized carbons (Fsp3) is 0.371. The lowest BCUT2D eigenvalue weighted by molar-refractivity contribution is -0.135. The molecule has 2 aromatic heterocycles. The van der Waals surface area contributed by atoms with Crippen molar-refractivity contribution < 1.29 is 9.53 Å².